The quantitative estimate of drug-likeness (QED) is 0.383. The molecule has 1 N–H and O–H groups in total. The van der Waals surface area contributed by atoms with Gasteiger partial charge in [-0.2, -0.15) is 0 Å². The van der Waals surface area contributed by atoms with Crippen LogP contribution in [0.5, 0.6) is 11.5 Å². The smallest absolute Gasteiger partial charge is 0.193 e. The lowest BCUT2D eigenvalue weighted by Crippen LogP contribution is -2.40. The second kappa shape index (κ2) is 9.87. The fraction of sp³-hybridized carbons (Fsp3) is 0.611. The van der Waals surface area contributed by atoms with Crippen molar-refractivity contribution in [3.05, 3.63) is 22.2 Å². The largest absolute Gasteiger partial charge is 0.493 e. The van der Waals surface area contributed by atoms with E-state index in [9.17, 15) is 0 Å². The van der Waals surface area contributed by atoms with Crippen molar-refractivity contribution in [1.82, 2.24) is 10.2 Å². The predicted molar refractivity (Wildman–Crippen MR) is 104 cm³/mol. The summed E-state index contributed by atoms with van der Waals surface area (Å²) in [6.07, 6.45) is 2.64. The maximum absolute atomic E-state index is 5.70. The van der Waals surface area contributed by atoms with Crippen molar-refractivity contribution in [1.29, 1.82) is 0 Å². The lowest BCUT2D eigenvalue weighted by molar-refractivity contribution is 0.115. The van der Waals surface area contributed by atoms with Gasteiger partial charge < -0.3 is 24.4 Å². The number of rotatable bonds is 9. The standard InChI is InChI=1S/C18H28BrN3O3/c1-20-18(22(2)7-8-25-12-13-5-6-13)21-11-14-9-15(19)17(24-4)16(10-14)23-3/h9-10,13H,5-8,11-12H2,1-4H3,(H,20,21). The number of nitrogens with one attached hydrogen (secondary N) is 1. The zero-order valence-corrected chi connectivity index (χ0v) is 17.1. The number of benzene rings is 1. The Balaban J connectivity index is 1.85. The highest BCUT2D eigenvalue weighted by atomic mass is 79.9. The first-order valence-corrected chi connectivity index (χ1v) is 9.28. The van der Waals surface area contributed by atoms with Gasteiger partial charge in [0.15, 0.2) is 17.5 Å². The van der Waals surface area contributed by atoms with E-state index in [1.54, 1.807) is 21.3 Å². The number of guanidine groups is 1. The van der Waals surface area contributed by atoms with Crippen molar-refractivity contribution in [3.63, 3.8) is 0 Å². The van der Waals surface area contributed by atoms with Crippen LogP contribution < -0.4 is 14.8 Å². The van der Waals surface area contributed by atoms with E-state index >= 15 is 0 Å². The Kier molecular flexibility index (Phi) is 7.84. The van der Waals surface area contributed by atoms with E-state index in [0.717, 1.165) is 41.7 Å². The van der Waals surface area contributed by atoms with E-state index in [-0.39, 0.29) is 0 Å². The molecule has 1 aromatic carbocycles. The first-order chi connectivity index (χ1) is 12.1. The number of likely N-dealkylation sites (N-methyl/N-ethyl adjacent to an activating group) is 1. The first kappa shape index (κ1) is 19.8. The fourth-order valence-electron chi connectivity index (χ4n) is 2.48. The van der Waals surface area contributed by atoms with Crippen molar-refractivity contribution < 1.29 is 14.2 Å². The molecule has 0 aliphatic heterocycles. The summed E-state index contributed by atoms with van der Waals surface area (Å²) < 4.78 is 17.3. The van der Waals surface area contributed by atoms with Crippen LogP contribution in [0.3, 0.4) is 0 Å². The van der Waals surface area contributed by atoms with Crippen molar-refractivity contribution in [2.45, 2.75) is 19.4 Å². The average Bonchev–Trinajstić information content (AvgIpc) is 3.43. The highest BCUT2D eigenvalue weighted by molar-refractivity contribution is 9.10. The molecule has 140 valence electrons. The van der Waals surface area contributed by atoms with Crippen LogP contribution in [0.15, 0.2) is 21.6 Å². The number of methoxy groups -OCH3 is 2. The van der Waals surface area contributed by atoms with Gasteiger partial charge in [-0.15, -0.1) is 0 Å². The number of halogens is 1. The molecule has 0 bridgehead atoms. The van der Waals surface area contributed by atoms with Crippen molar-refractivity contribution in [3.8, 4) is 11.5 Å². The van der Waals surface area contributed by atoms with Gasteiger partial charge >= 0.3 is 0 Å². The number of hydrogen-bond donors (Lipinski definition) is 1. The molecule has 0 atom stereocenters. The molecule has 0 radical (unpaired) electrons. The molecule has 0 unspecified atom stereocenters. The Bertz CT molecular complexity index is 591. The van der Waals surface area contributed by atoms with Crippen LogP contribution in [-0.2, 0) is 11.3 Å². The number of nitrogens with zero attached hydrogens (tertiary/aromatic N) is 2. The Morgan fingerprint density at radius 2 is 2.08 bits per heavy atom. The predicted octanol–water partition coefficient (Wildman–Crippen LogP) is 2.90. The van der Waals surface area contributed by atoms with E-state index in [4.69, 9.17) is 14.2 Å². The van der Waals surface area contributed by atoms with Crippen LogP contribution in [0, 0.1) is 5.92 Å². The minimum Gasteiger partial charge on any atom is -0.493 e. The SMILES string of the molecule is CN=C(NCc1cc(Br)c(OC)c(OC)c1)N(C)CCOCC1CC1. The molecule has 0 heterocycles. The monoisotopic (exact) mass is 413 g/mol. The van der Waals surface area contributed by atoms with Crippen molar-refractivity contribution in [2.75, 3.05) is 48.1 Å². The zero-order chi connectivity index (χ0) is 18.2. The topological polar surface area (TPSA) is 55.3 Å². The van der Waals surface area contributed by atoms with Crippen LogP contribution in [0.2, 0.25) is 0 Å². The highest BCUT2D eigenvalue weighted by Crippen LogP contribution is 2.36. The van der Waals surface area contributed by atoms with Gasteiger partial charge in [-0.1, -0.05) is 0 Å². The van der Waals surface area contributed by atoms with Gasteiger partial charge in [0.05, 0.1) is 25.3 Å². The molecule has 0 aromatic heterocycles. The number of hydrogen-bond acceptors (Lipinski definition) is 4. The Morgan fingerprint density at radius 1 is 1.32 bits per heavy atom. The Morgan fingerprint density at radius 3 is 2.68 bits per heavy atom. The van der Waals surface area contributed by atoms with E-state index in [1.165, 1.54) is 12.8 Å². The van der Waals surface area contributed by atoms with Gasteiger partial charge in [0, 0.05) is 33.8 Å². The second-order valence-corrected chi connectivity index (χ2v) is 7.01. The van der Waals surface area contributed by atoms with Gasteiger partial charge in [0.1, 0.15) is 0 Å². The van der Waals surface area contributed by atoms with Crippen LogP contribution in [-0.4, -0.2) is 58.9 Å². The molecule has 6 nitrogen and oxygen atoms in total. The minimum absolute atomic E-state index is 0.638. The third-order valence-electron chi connectivity index (χ3n) is 4.14. The van der Waals surface area contributed by atoms with E-state index < -0.39 is 0 Å². The summed E-state index contributed by atoms with van der Waals surface area (Å²) in [6, 6.07) is 3.98. The Hall–Kier alpha value is -1.47. The summed E-state index contributed by atoms with van der Waals surface area (Å²) in [7, 11) is 7.06. The van der Waals surface area contributed by atoms with Crippen LogP contribution >= 0.6 is 15.9 Å². The maximum atomic E-state index is 5.70. The van der Waals surface area contributed by atoms with Gasteiger partial charge in [0.25, 0.3) is 0 Å². The molecular weight excluding hydrogens is 386 g/mol. The van der Waals surface area contributed by atoms with Crippen LogP contribution in [0.4, 0.5) is 0 Å². The molecule has 25 heavy (non-hydrogen) atoms. The van der Waals surface area contributed by atoms with E-state index in [0.29, 0.717) is 18.0 Å². The summed E-state index contributed by atoms with van der Waals surface area (Å²) >= 11 is 3.52. The van der Waals surface area contributed by atoms with Crippen molar-refractivity contribution in [2.24, 2.45) is 10.9 Å². The maximum Gasteiger partial charge on any atom is 0.193 e. The number of aliphatic imine (C=N–C) groups is 1. The second-order valence-electron chi connectivity index (χ2n) is 6.15. The van der Waals surface area contributed by atoms with Crippen molar-refractivity contribution >= 4 is 21.9 Å². The summed E-state index contributed by atoms with van der Waals surface area (Å²) in [6.45, 7) is 3.05. The van der Waals surface area contributed by atoms with Crippen LogP contribution in [0.1, 0.15) is 18.4 Å². The van der Waals surface area contributed by atoms with Gasteiger partial charge in [0.2, 0.25) is 0 Å². The minimum atomic E-state index is 0.638. The zero-order valence-electron chi connectivity index (χ0n) is 15.5. The molecule has 1 aliphatic rings. The molecule has 0 saturated heterocycles. The third kappa shape index (κ3) is 6.08. The molecule has 0 amide bonds. The summed E-state index contributed by atoms with van der Waals surface area (Å²) in [4.78, 5) is 6.41. The van der Waals surface area contributed by atoms with E-state index in [2.05, 4.69) is 31.1 Å². The van der Waals surface area contributed by atoms with Crippen LogP contribution in [0.25, 0.3) is 0 Å². The molecule has 1 fully saturated rings. The normalized spacial score (nSPS) is 14.4. The summed E-state index contributed by atoms with van der Waals surface area (Å²) in [5.41, 5.74) is 1.07. The lowest BCUT2D eigenvalue weighted by Gasteiger charge is -2.22. The summed E-state index contributed by atoms with van der Waals surface area (Å²) in [5.74, 6) is 3.03. The van der Waals surface area contributed by atoms with Gasteiger partial charge in [-0.3, -0.25) is 4.99 Å². The van der Waals surface area contributed by atoms with Gasteiger partial charge in [-0.05, 0) is 52.4 Å². The molecular formula is C18H28BrN3O3. The average molecular weight is 414 g/mol. The molecule has 2 rings (SSSR count). The fourth-order valence-corrected chi connectivity index (χ4v) is 3.13. The molecule has 1 aromatic rings. The highest BCUT2D eigenvalue weighted by Gasteiger charge is 2.21. The van der Waals surface area contributed by atoms with Gasteiger partial charge in [-0.25, -0.2) is 0 Å². The van der Waals surface area contributed by atoms with E-state index in [1.807, 2.05) is 19.2 Å². The third-order valence-corrected chi connectivity index (χ3v) is 4.73. The number of ether oxygens (including phenoxy) is 3. The lowest BCUT2D eigenvalue weighted by atomic mass is 10.2. The molecule has 0 spiro atoms. The first-order valence-electron chi connectivity index (χ1n) is 8.49. The molecule has 1 saturated carbocycles. The summed E-state index contributed by atoms with van der Waals surface area (Å²) in [5, 5.41) is 3.37. The molecule has 7 heteroatoms. The molecule has 1 aliphatic carbocycles. The Labute approximate surface area is 158 Å².